The highest BCUT2D eigenvalue weighted by Gasteiger charge is 2.24. The summed E-state index contributed by atoms with van der Waals surface area (Å²) in [5.74, 6) is -0.567. The van der Waals surface area contributed by atoms with Gasteiger partial charge in [0.25, 0.3) is 5.69 Å². The number of hydrogen-bond donors (Lipinski definition) is 0. The van der Waals surface area contributed by atoms with E-state index in [1.807, 2.05) is 0 Å². The fourth-order valence-electron chi connectivity index (χ4n) is 2.75. The Labute approximate surface area is 179 Å². The van der Waals surface area contributed by atoms with E-state index in [0.29, 0.717) is 5.75 Å². The molecular weight excluding hydrogens is 436 g/mol. The molecule has 11 heteroatoms. The van der Waals surface area contributed by atoms with Crippen LogP contribution in [0.1, 0.15) is 29.8 Å². The maximum Gasteiger partial charge on any atom is 0.340 e. The summed E-state index contributed by atoms with van der Waals surface area (Å²) < 4.78 is 37.0. The second kappa shape index (κ2) is 9.88. The number of non-ortho nitro benzene ring substituents is 1. The van der Waals surface area contributed by atoms with E-state index in [1.54, 1.807) is 13.8 Å². The summed E-state index contributed by atoms with van der Waals surface area (Å²) in [6, 6.07) is 7.67. The Bertz CT molecular complexity index is 1050. The molecule has 0 aliphatic carbocycles. The number of methoxy groups -OCH3 is 1. The van der Waals surface area contributed by atoms with Crippen molar-refractivity contribution in [1.29, 1.82) is 0 Å². The van der Waals surface area contributed by atoms with E-state index in [4.69, 9.17) is 21.1 Å². The molecule has 2 aromatic rings. The molecular formula is C19H21ClN2O7S. The van der Waals surface area contributed by atoms with Crippen LogP contribution in [0.3, 0.4) is 0 Å². The second-order valence-electron chi connectivity index (χ2n) is 6.06. The zero-order valence-electron chi connectivity index (χ0n) is 16.6. The maximum absolute atomic E-state index is 12.7. The molecule has 9 nitrogen and oxygen atoms in total. The summed E-state index contributed by atoms with van der Waals surface area (Å²) in [4.78, 5) is 22.9. The predicted octanol–water partition coefficient (Wildman–Crippen LogP) is 3.64. The van der Waals surface area contributed by atoms with Gasteiger partial charge in [-0.1, -0.05) is 25.4 Å². The van der Waals surface area contributed by atoms with Gasteiger partial charge < -0.3 is 9.47 Å². The Morgan fingerprint density at radius 1 is 1.17 bits per heavy atom. The van der Waals surface area contributed by atoms with Crippen LogP contribution in [0.25, 0.3) is 0 Å². The quantitative estimate of drug-likeness (QED) is 0.321. The lowest BCUT2D eigenvalue weighted by atomic mass is 10.2. The van der Waals surface area contributed by atoms with Crippen LogP contribution in [-0.4, -0.2) is 43.8 Å². The third-order valence-electron chi connectivity index (χ3n) is 4.33. The molecule has 162 valence electrons. The number of nitro groups is 1. The highest BCUT2D eigenvalue weighted by atomic mass is 35.5. The third kappa shape index (κ3) is 5.07. The Morgan fingerprint density at radius 3 is 2.40 bits per heavy atom. The van der Waals surface area contributed by atoms with Crippen molar-refractivity contribution in [2.75, 3.05) is 20.2 Å². The highest BCUT2D eigenvalue weighted by Crippen LogP contribution is 2.27. The zero-order valence-corrected chi connectivity index (χ0v) is 18.2. The fraction of sp³-hybridized carbons (Fsp3) is 0.316. The lowest BCUT2D eigenvalue weighted by Crippen LogP contribution is -2.30. The predicted molar refractivity (Wildman–Crippen MR) is 110 cm³/mol. The summed E-state index contributed by atoms with van der Waals surface area (Å²) in [7, 11) is -2.42. The molecule has 0 spiro atoms. The van der Waals surface area contributed by atoms with Gasteiger partial charge in [-0.3, -0.25) is 10.1 Å². The van der Waals surface area contributed by atoms with Gasteiger partial charge in [-0.15, -0.1) is 0 Å². The normalized spacial score (nSPS) is 11.4. The Hall–Kier alpha value is -2.69. The lowest BCUT2D eigenvalue weighted by Gasteiger charge is -2.19. The second-order valence-corrected chi connectivity index (χ2v) is 8.41. The van der Waals surface area contributed by atoms with Crippen LogP contribution in [0, 0.1) is 10.1 Å². The standard InChI is InChI=1S/C19H21ClN2O7S/c1-4-21(5-2)30(26,27)15-7-8-17(20)16(11-15)19(23)29-12-13-10-14(22(24)25)6-9-18(13)28-3/h6-11H,4-5,12H2,1-3H3. The van der Waals surface area contributed by atoms with Crippen LogP contribution in [-0.2, 0) is 21.4 Å². The Morgan fingerprint density at radius 2 is 1.83 bits per heavy atom. The summed E-state index contributed by atoms with van der Waals surface area (Å²) in [5.41, 5.74) is -0.0374. The van der Waals surface area contributed by atoms with Crippen molar-refractivity contribution in [1.82, 2.24) is 4.31 Å². The van der Waals surface area contributed by atoms with Gasteiger partial charge in [0.1, 0.15) is 12.4 Å². The van der Waals surface area contributed by atoms with Crippen molar-refractivity contribution in [3.63, 3.8) is 0 Å². The molecule has 0 saturated heterocycles. The van der Waals surface area contributed by atoms with Crippen LogP contribution in [0.2, 0.25) is 5.02 Å². The van der Waals surface area contributed by atoms with E-state index in [1.165, 1.54) is 41.7 Å². The molecule has 0 bridgehead atoms. The molecule has 2 rings (SSSR count). The molecule has 30 heavy (non-hydrogen) atoms. The number of ether oxygens (including phenoxy) is 2. The van der Waals surface area contributed by atoms with E-state index in [-0.39, 0.29) is 46.4 Å². The minimum absolute atomic E-state index is 0.0181. The van der Waals surface area contributed by atoms with Crippen molar-refractivity contribution in [2.24, 2.45) is 0 Å². The van der Waals surface area contributed by atoms with Gasteiger partial charge in [0.15, 0.2) is 0 Å². The molecule has 0 fully saturated rings. The Balaban J connectivity index is 2.30. The number of benzene rings is 2. The van der Waals surface area contributed by atoms with Gasteiger partial charge in [0.05, 0.1) is 27.5 Å². The number of carbonyl (C=O) groups is 1. The topological polar surface area (TPSA) is 116 Å². The number of esters is 1. The van der Waals surface area contributed by atoms with Gasteiger partial charge in [-0.2, -0.15) is 4.31 Å². The molecule has 0 saturated carbocycles. The molecule has 0 aliphatic heterocycles. The first-order valence-electron chi connectivity index (χ1n) is 8.93. The van der Waals surface area contributed by atoms with Crippen LogP contribution < -0.4 is 4.74 Å². The van der Waals surface area contributed by atoms with E-state index in [9.17, 15) is 23.3 Å². The monoisotopic (exact) mass is 456 g/mol. The molecule has 0 heterocycles. The number of sulfonamides is 1. The van der Waals surface area contributed by atoms with Gasteiger partial charge in [0, 0.05) is 30.8 Å². The maximum atomic E-state index is 12.7. The van der Waals surface area contributed by atoms with Crippen molar-refractivity contribution >= 4 is 33.3 Å². The highest BCUT2D eigenvalue weighted by molar-refractivity contribution is 7.89. The minimum Gasteiger partial charge on any atom is -0.496 e. The number of halogens is 1. The average Bonchev–Trinajstić information content (AvgIpc) is 2.72. The van der Waals surface area contributed by atoms with Crippen LogP contribution in [0.4, 0.5) is 5.69 Å². The van der Waals surface area contributed by atoms with Crippen molar-refractivity contribution in [3.8, 4) is 5.75 Å². The van der Waals surface area contributed by atoms with Crippen LogP contribution >= 0.6 is 11.6 Å². The number of rotatable bonds is 9. The molecule has 0 aliphatic rings. The first kappa shape index (κ1) is 23.6. The minimum atomic E-state index is -3.79. The van der Waals surface area contributed by atoms with E-state index >= 15 is 0 Å². The fourth-order valence-corrected chi connectivity index (χ4v) is 4.43. The number of nitro benzene ring substituents is 1. The zero-order chi connectivity index (χ0) is 22.5. The largest absolute Gasteiger partial charge is 0.496 e. The summed E-state index contributed by atoms with van der Waals surface area (Å²) in [5, 5.41) is 11.0. The number of carbonyl (C=O) groups excluding carboxylic acids is 1. The van der Waals surface area contributed by atoms with E-state index in [2.05, 4.69) is 0 Å². The summed E-state index contributed by atoms with van der Waals surface area (Å²) >= 11 is 6.07. The first-order valence-corrected chi connectivity index (χ1v) is 10.8. The van der Waals surface area contributed by atoms with Gasteiger partial charge in [-0.25, -0.2) is 13.2 Å². The molecule has 0 unspecified atom stereocenters. The number of nitrogens with zero attached hydrogens (tertiary/aromatic N) is 2. The van der Waals surface area contributed by atoms with Gasteiger partial charge in [-0.05, 0) is 24.3 Å². The molecule has 2 aromatic carbocycles. The SMILES string of the molecule is CCN(CC)S(=O)(=O)c1ccc(Cl)c(C(=O)OCc2cc([N+](=O)[O-])ccc2OC)c1. The van der Waals surface area contributed by atoms with Crippen LogP contribution in [0.5, 0.6) is 5.75 Å². The van der Waals surface area contributed by atoms with Crippen molar-refractivity contribution < 1.29 is 27.6 Å². The third-order valence-corrected chi connectivity index (χ3v) is 6.71. The summed E-state index contributed by atoms with van der Waals surface area (Å²) in [6.07, 6.45) is 0. The molecule has 0 amide bonds. The van der Waals surface area contributed by atoms with E-state index in [0.717, 1.165) is 6.07 Å². The number of hydrogen-bond acceptors (Lipinski definition) is 7. The summed E-state index contributed by atoms with van der Waals surface area (Å²) in [6.45, 7) is 3.63. The molecule has 0 aromatic heterocycles. The van der Waals surface area contributed by atoms with E-state index < -0.39 is 20.9 Å². The Kier molecular flexibility index (Phi) is 7.77. The van der Waals surface area contributed by atoms with Crippen molar-refractivity contribution in [3.05, 3.63) is 62.7 Å². The first-order chi connectivity index (χ1) is 14.1. The molecule has 0 N–H and O–H groups in total. The molecule has 0 atom stereocenters. The van der Waals surface area contributed by atoms with Gasteiger partial charge >= 0.3 is 5.97 Å². The molecule has 0 radical (unpaired) electrons. The smallest absolute Gasteiger partial charge is 0.340 e. The van der Waals surface area contributed by atoms with Crippen molar-refractivity contribution in [2.45, 2.75) is 25.3 Å². The van der Waals surface area contributed by atoms with Crippen LogP contribution in [0.15, 0.2) is 41.3 Å². The van der Waals surface area contributed by atoms with Gasteiger partial charge in [0.2, 0.25) is 10.0 Å². The lowest BCUT2D eigenvalue weighted by molar-refractivity contribution is -0.385. The average molecular weight is 457 g/mol.